The smallest absolute Gasteiger partial charge is 0.240 e. The summed E-state index contributed by atoms with van der Waals surface area (Å²) in [6.45, 7) is 3.52. The molecule has 5 heteroatoms. The van der Waals surface area contributed by atoms with E-state index in [9.17, 15) is 9.90 Å². The van der Waals surface area contributed by atoms with Gasteiger partial charge < -0.3 is 14.9 Å². The van der Waals surface area contributed by atoms with Crippen molar-refractivity contribution in [1.82, 2.24) is 14.7 Å². The lowest BCUT2D eigenvalue weighted by Crippen LogP contribution is -2.52. The zero-order valence-electron chi connectivity index (χ0n) is 19.5. The summed E-state index contributed by atoms with van der Waals surface area (Å²) in [7, 11) is 4.08. The number of phenolic OH excluding ortho intramolecular Hbond substituents is 1. The quantitative estimate of drug-likeness (QED) is 0.574. The fourth-order valence-electron chi connectivity index (χ4n) is 4.43. The molecule has 0 aliphatic carbocycles. The van der Waals surface area contributed by atoms with Gasteiger partial charge in [0, 0.05) is 32.7 Å². The fraction of sp³-hybridized carbons (Fsp3) is 0.321. The van der Waals surface area contributed by atoms with Crippen LogP contribution in [-0.2, 0) is 30.8 Å². The minimum absolute atomic E-state index is 0.175. The van der Waals surface area contributed by atoms with E-state index < -0.39 is 0 Å². The molecule has 1 atom stereocenters. The third-order valence-corrected chi connectivity index (χ3v) is 6.30. The van der Waals surface area contributed by atoms with Crippen LogP contribution in [-0.4, -0.2) is 58.9 Å². The van der Waals surface area contributed by atoms with Crippen LogP contribution in [0.3, 0.4) is 0 Å². The molecule has 0 bridgehead atoms. The third kappa shape index (κ3) is 6.01. The molecule has 0 saturated heterocycles. The largest absolute Gasteiger partial charge is 0.508 e. The molecule has 0 spiro atoms. The predicted molar refractivity (Wildman–Crippen MR) is 132 cm³/mol. The summed E-state index contributed by atoms with van der Waals surface area (Å²) in [5, 5.41) is 9.67. The molecule has 3 aromatic carbocycles. The van der Waals surface area contributed by atoms with Gasteiger partial charge in [-0.1, -0.05) is 66.7 Å². The zero-order chi connectivity index (χ0) is 23.2. The van der Waals surface area contributed by atoms with Crippen LogP contribution in [0, 0.1) is 0 Å². The van der Waals surface area contributed by atoms with Crippen molar-refractivity contribution in [1.29, 1.82) is 0 Å². The standard InChI is InChI=1S/C28H33N3O2/c1-29(2)16-17-30(19-22-8-4-3-5-9-22)28(33)27-18-24-10-6-7-11-25(24)21-31(27)20-23-12-14-26(32)15-13-23/h3-15,27,32H,16-21H2,1-2H3. The summed E-state index contributed by atoms with van der Waals surface area (Å²) in [6, 6.07) is 25.7. The first-order chi connectivity index (χ1) is 16.0. The van der Waals surface area contributed by atoms with Gasteiger partial charge in [0.25, 0.3) is 0 Å². The van der Waals surface area contributed by atoms with Gasteiger partial charge in [0.15, 0.2) is 0 Å². The lowest BCUT2D eigenvalue weighted by atomic mass is 9.92. The van der Waals surface area contributed by atoms with Crippen LogP contribution < -0.4 is 0 Å². The van der Waals surface area contributed by atoms with Gasteiger partial charge in [-0.2, -0.15) is 0 Å². The number of hydrogen-bond acceptors (Lipinski definition) is 4. The van der Waals surface area contributed by atoms with Crippen LogP contribution in [0.15, 0.2) is 78.9 Å². The molecule has 5 nitrogen and oxygen atoms in total. The van der Waals surface area contributed by atoms with E-state index >= 15 is 0 Å². The van der Waals surface area contributed by atoms with E-state index in [4.69, 9.17) is 0 Å². The summed E-state index contributed by atoms with van der Waals surface area (Å²) in [5.74, 6) is 0.432. The van der Waals surface area contributed by atoms with Gasteiger partial charge in [-0.25, -0.2) is 0 Å². The highest BCUT2D eigenvalue weighted by Crippen LogP contribution is 2.27. The number of likely N-dealkylation sites (N-methyl/N-ethyl adjacent to an activating group) is 1. The summed E-state index contributed by atoms with van der Waals surface area (Å²) in [5.41, 5.74) is 4.77. The molecular formula is C28H33N3O2. The van der Waals surface area contributed by atoms with E-state index in [1.807, 2.05) is 49.3 Å². The van der Waals surface area contributed by atoms with Gasteiger partial charge in [-0.05, 0) is 54.9 Å². The van der Waals surface area contributed by atoms with Crippen molar-refractivity contribution < 1.29 is 9.90 Å². The van der Waals surface area contributed by atoms with Crippen LogP contribution in [0.5, 0.6) is 5.75 Å². The predicted octanol–water partition coefficient (Wildman–Crippen LogP) is 3.91. The molecule has 1 aliphatic heterocycles. The van der Waals surface area contributed by atoms with Crippen molar-refractivity contribution >= 4 is 5.91 Å². The normalized spacial score (nSPS) is 15.9. The first-order valence-electron chi connectivity index (χ1n) is 11.6. The molecule has 1 amide bonds. The Bertz CT molecular complexity index is 1050. The van der Waals surface area contributed by atoms with Crippen LogP contribution >= 0.6 is 0 Å². The Kier molecular flexibility index (Phi) is 7.43. The molecule has 3 aromatic rings. The number of fused-ring (bicyclic) bond motifs is 1. The second-order valence-electron chi connectivity index (χ2n) is 9.11. The molecule has 0 aromatic heterocycles. The minimum Gasteiger partial charge on any atom is -0.508 e. The lowest BCUT2D eigenvalue weighted by molar-refractivity contribution is -0.138. The summed E-state index contributed by atoms with van der Waals surface area (Å²) >= 11 is 0. The van der Waals surface area contributed by atoms with E-state index in [1.54, 1.807) is 12.1 Å². The van der Waals surface area contributed by atoms with Gasteiger partial charge in [0.1, 0.15) is 5.75 Å². The van der Waals surface area contributed by atoms with Crippen LogP contribution in [0.1, 0.15) is 22.3 Å². The van der Waals surface area contributed by atoms with E-state index in [1.165, 1.54) is 11.1 Å². The van der Waals surface area contributed by atoms with Crippen molar-refractivity contribution in [3.63, 3.8) is 0 Å². The van der Waals surface area contributed by atoms with E-state index in [-0.39, 0.29) is 17.7 Å². The second-order valence-corrected chi connectivity index (χ2v) is 9.11. The molecule has 1 N–H and O–H groups in total. The van der Waals surface area contributed by atoms with Crippen molar-refractivity contribution in [2.24, 2.45) is 0 Å². The number of aromatic hydroxyl groups is 1. The van der Waals surface area contributed by atoms with Crippen molar-refractivity contribution in [2.75, 3.05) is 27.2 Å². The summed E-state index contributed by atoms with van der Waals surface area (Å²) < 4.78 is 0. The van der Waals surface area contributed by atoms with E-state index in [2.05, 4.69) is 46.2 Å². The van der Waals surface area contributed by atoms with Crippen LogP contribution in [0.25, 0.3) is 0 Å². The highest BCUT2D eigenvalue weighted by molar-refractivity contribution is 5.82. The molecule has 1 aliphatic rings. The monoisotopic (exact) mass is 443 g/mol. The maximum absolute atomic E-state index is 14.0. The molecule has 4 rings (SSSR count). The molecule has 0 saturated carbocycles. The summed E-state index contributed by atoms with van der Waals surface area (Å²) in [4.78, 5) is 20.4. The first kappa shape index (κ1) is 23.0. The minimum atomic E-state index is -0.223. The molecule has 0 fully saturated rings. The van der Waals surface area contributed by atoms with Crippen molar-refractivity contribution in [3.8, 4) is 5.75 Å². The average molecular weight is 444 g/mol. The Morgan fingerprint density at radius 2 is 1.55 bits per heavy atom. The third-order valence-electron chi connectivity index (χ3n) is 6.30. The maximum atomic E-state index is 14.0. The topological polar surface area (TPSA) is 47.0 Å². The number of phenols is 1. The molecule has 1 heterocycles. The number of amides is 1. The highest BCUT2D eigenvalue weighted by atomic mass is 16.3. The van der Waals surface area contributed by atoms with Gasteiger partial charge in [-0.15, -0.1) is 0 Å². The number of benzene rings is 3. The highest BCUT2D eigenvalue weighted by Gasteiger charge is 2.34. The lowest BCUT2D eigenvalue weighted by Gasteiger charge is -2.39. The van der Waals surface area contributed by atoms with Gasteiger partial charge in [0.05, 0.1) is 6.04 Å². The second kappa shape index (κ2) is 10.6. The molecular weight excluding hydrogens is 410 g/mol. The Hall–Kier alpha value is -3.15. The first-order valence-corrected chi connectivity index (χ1v) is 11.6. The van der Waals surface area contributed by atoms with Gasteiger partial charge in [0.2, 0.25) is 5.91 Å². The van der Waals surface area contributed by atoms with Crippen LogP contribution in [0.4, 0.5) is 0 Å². The molecule has 1 unspecified atom stereocenters. The number of carbonyl (C=O) groups is 1. The van der Waals surface area contributed by atoms with Crippen molar-refractivity contribution in [3.05, 3.63) is 101 Å². The number of nitrogens with zero attached hydrogens (tertiary/aromatic N) is 3. The average Bonchev–Trinajstić information content (AvgIpc) is 2.83. The molecule has 172 valence electrons. The van der Waals surface area contributed by atoms with Crippen molar-refractivity contribution in [2.45, 2.75) is 32.1 Å². The molecule has 33 heavy (non-hydrogen) atoms. The molecule has 0 radical (unpaired) electrons. The van der Waals surface area contributed by atoms with Gasteiger partial charge in [-0.3, -0.25) is 9.69 Å². The Balaban J connectivity index is 1.61. The Morgan fingerprint density at radius 3 is 2.24 bits per heavy atom. The van der Waals surface area contributed by atoms with Gasteiger partial charge >= 0.3 is 0 Å². The van der Waals surface area contributed by atoms with E-state index in [0.29, 0.717) is 26.1 Å². The maximum Gasteiger partial charge on any atom is 0.240 e. The number of hydrogen-bond donors (Lipinski definition) is 1. The Labute approximate surface area is 196 Å². The summed E-state index contributed by atoms with van der Waals surface area (Å²) in [6.07, 6.45) is 0.709. The zero-order valence-corrected chi connectivity index (χ0v) is 19.5. The Morgan fingerprint density at radius 1 is 0.879 bits per heavy atom. The number of rotatable bonds is 8. The SMILES string of the molecule is CN(C)CCN(Cc1ccccc1)C(=O)C1Cc2ccccc2CN1Cc1ccc(O)cc1. The van der Waals surface area contributed by atoms with E-state index in [0.717, 1.165) is 24.2 Å². The fourth-order valence-corrected chi connectivity index (χ4v) is 4.43. The van der Waals surface area contributed by atoms with Crippen LogP contribution in [0.2, 0.25) is 0 Å². The number of carbonyl (C=O) groups excluding carboxylic acids is 1.